The van der Waals surface area contributed by atoms with E-state index < -0.39 is 15.1 Å². The molecule has 1 radical (unpaired) electrons. The summed E-state index contributed by atoms with van der Waals surface area (Å²) in [5, 5.41) is 0. The molecule has 0 atom stereocenters. The second kappa shape index (κ2) is 8.00. The van der Waals surface area contributed by atoms with Crippen molar-refractivity contribution in [2.24, 2.45) is 0 Å². The fourth-order valence-corrected chi connectivity index (χ4v) is 0.631. The molecule has 0 spiro atoms. The van der Waals surface area contributed by atoms with Crippen LogP contribution in [0.1, 0.15) is 0 Å². The Balaban J connectivity index is 0.000000236. The van der Waals surface area contributed by atoms with Gasteiger partial charge in [0.15, 0.2) is 0 Å². The van der Waals surface area contributed by atoms with Gasteiger partial charge in [-0.15, -0.1) is 0 Å². The molecule has 0 aromatic heterocycles. The quantitative estimate of drug-likeness (QED) is 0.641. The molecule has 0 bridgehead atoms. The van der Waals surface area contributed by atoms with Crippen LogP contribution in [0.25, 0.3) is 0 Å². The molecule has 0 aliphatic carbocycles. The Morgan fingerprint density at radius 1 is 1.30 bits per heavy atom. The Labute approximate surface area is 84.7 Å². The summed E-state index contributed by atoms with van der Waals surface area (Å²) in [4.78, 5) is 0. The van der Waals surface area contributed by atoms with Crippen LogP contribution in [0.2, 0.25) is 0 Å². The zero-order valence-electron chi connectivity index (χ0n) is 5.15. The van der Waals surface area contributed by atoms with Crippen LogP contribution in [-0.4, -0.2) is 0 Å². The Kier molecular flexibility index (Phi) is 8.73. The normalized spacial score (nSPS) is 7.10. The van der Waals surface area contributed by atoms with Crippen molar-refractivity contribution in [3.8, 4) is 0 Å². The molecular weight excluding hydrogens is 288 g/mol. The summed E-state index contributed by atoms with van der Waals surface area (Å²) in [5.74, 6) is 0. The van der Waals surface area contributed by atoms with Crippen molar-refractivity contribution < 1.29 is 15.1 Å². The van der Waals surface area contributed by atoms with Gasteiger partial charge in [0.05, 0.1) is 0 Å². The Bertz CT molecular complexity index is 157. The van der Waals surface area contributed by atoms with Crippen LogP contribution in [0.4, 0.5) is 0 Å². The number of rotatable bonds is 0. The fraction of sp³-hybridized carbons (Fsp3) is 0. The molecule has 51 valence electrons. The molecular formula is C6H4BrCl2Zn. The summed E-state index contributed by atoms with van der Waals surface area (Å²) >= 11 is 2.36. The molecule has 10 heavy (non-hydrogen) atoms. The minimum absolute atomic E-state index is 0.931. The zero-order valence-corrected chi connectivity index (χ0v) is 11.2. The summed E-state index contributed by atoms with van der Waals surface area (Å²) in [7, 11) is 9.90. The number of halogens is 3. The average Bonchev–Trinajstić information content (AvgIpc) is 1.91. The summed E-state index contributed by atoms with van der Waals surface area (Å²) < 4.78 is 1.10. The summed E-state index contributed by atoms with van der Waals surface area (Å²) in [5.41, 5.74) is 0. The molecule has 0 heterocycles. The van der Waals surface area contributed by atoms with Crippen molar-refractivity contribution in [2.75, 3.05) is 0 Å². The van der Waals surface area contributed by atoms with E-state index in [2.05, 4.69) is 22.0 Å². The molecule has 0 amide bonds. The number of benzene rings is 1. The molecule has 0 nitrogen and oxygen atoms in total. The first-order valence-corrected chi connectivity index (χ1v) is 11.1. The number of hydrogen-bond donors (Lipinski definition) is 0. The molecule has 1 aromatic carbocycles. The number of hydrogen-bond acceptors (Lipinski definition) is 0. The second-order valence-corrected chi connectivity index (χ2v) is 6.86. The molecule has 0 saturated carbocycles. The third-order valence-electron chi connectivity index (χ3n) is 0.678. The average molecular weight is 292 g/mol. The van der Waals surface area contributed by atoms with Crippen LogP contribution in [0.5, 0.6) is 0 Å². The van der Waals surface area contributed by atoms with E-state index in [4.69, 9.17) is 19.4 Å². The Hall–Kier alpha value is 0.903. The molecule has 1 rings (SSSR count). The first-order chi connectivity index (χ1) is 4.81. The van der Waals surface area contributed by atoms with Crippen molar-refractivity contribution in [1.82, 2.24) is 0 Å². The van der Waals surface area contributed by atoms with E-state index in [9.17, 15) is 0 Å². The van der Waals surface area contributed by atoms with E-state index in [0.717, 1.165) is 4.47 Å². The maximum atomic E-state index is 4.95. The predicted octanol–water partition coefficient (Wildman–Crippen LogP) is 3.63. The van der Waals surface area contributed by atoms with Gasteiger partial charge >= 0.3 is 34.5 Å². The van der Waals surface area contributed by atoms with Crippen LogP contribution in [0, 0.1) is 6.07 Å². The molecule has 4 heteroatoms. The molecule has 0 unspecified atom stereocenters. The minimum atomic E-state index is -0.931. The SMILES string of the molecule is Brc1cc[c]cc1.[Cl][Zn][Cl]. The van der Waals surface area contributed by atoms with Crippen LogP contribution in [0.3, 0.4) is 0 Å². The molecule has 0 saturated heterocycles. The third kappa shape index (κ3) is 7.02. The van der Waals surface area contributed by atoms with Gasteiger partial charge in [-0.3, -0.25) is 0 Å². The molecule has 0 N–H and O–H groups in total. The third-order valence-corrected chi connectivity index (χ3v) is 1.21. The van der Waals surface area contributed by atoms with Crippen molar-refractivity contribution >= 4 is 35.3 Å². The monoisotopic (exact) mass is 289 g/mol. The van der Waals surface area contributed by atoms with E-state index in [1.807, 2.05) is 24.3 Å². The van der Waals surface area contributed by atoms with Gasteiger partial charge in [0.1, 0.15) is 0 Å². The Morgan fingerprint density at radius 3 is 1.90 bits per heavy atom. The summed E-state index contributed by atoms with van der Waals surface area (Å²) in [6, 6.07) is 10.5. The van der Waals surface area contributed by atoms with E-state index >= 15 is 0 Å². The van der Waals surface area contributed by atoms with Gasteiger partial charge in [-0.2, -0.15) is 0 Å². The standard InChI is InChI=1S/C6H4Br.2ClH.Zn/c7-6-4-2-1-3-5-6;;;/h2-5H;2*1H;/q;;;+2/p-2. The molecule has 0 aliphatic rings. The van der Waals surface area contributed by atoms with Crippen LogP contribution >= 0.6 is 35.3 Å². The van der Waals surface area contributed by atoms with Gasteiger partial charge in [0, 0.05) is 4.47 Å². The second-order valence-electron chi connectivity index (χ2n) is 1.32. The zero-order chi connectivity index (χ0) is 7.82. The van der Waals surface area contributed by atoms with Crippen molar-refractivity contribution in [1.29, 1.82) is 0 Å². The van der Waals surface area contributed by atoms with Gasteiger partial charge in [-0.25, -0.2) is 0 Å². The van der Waals surface area contributed by atoms with Crippen molar-refractivity contribution in [2.45, 2.75) is 0 Å². The van der Waals surface area contributed by atoms with Crippen LogP contribution in [0.15, 0.2) is 28.7 Å². The first-order valence-electron chi connectivity index (χ1n) is 2.54. The van der Waals surface area contributed by atoms with Gasteiger partial charge in [-0.1, -0.05) is 28.1 Å². The Morgan fingerprint density at radius 2 is 1.70 bits per heavy atom. The van der Waals surface area contributed by atoms with E-state index in [-0.39, 0.29) is 0 Å². The van der Waals surface area contributed by atoms with Crippen LogP contribution in [-0.2, 0) is 15.1 Å². The predicted molar refractivity (Wildman–Crippen MR) is 44.7 cm³/mol. The van der Waals surface area contributed by atoms with Gasteiger partial charge in [-0.05, 0) is 18.2 Å². The topological polar surface area (TPSA) is 0 Å². The summed E-state index contributed by atoms with van der Waals surface area (Å²) in [6.45, 7) is 0. The van der Waals surface area contributed by atoms with Crippen LogP contribution < -0.4 is 0 Å². The van der Waals surface area contributed by atoms with E-state index in [1.165, 1.54) is 0 Å². The van der Waals surface area contributed by atoms with Gasteiger partial charge in [0.25, 0.3) is 0 Å². The molecule has 0 fully saturated rings. The van der Waals surface area contributed by atoms with Gasteiger partial charge < -0.3 is 0 Å². The molecule has 0 aliphatic heterocycles. The van der Waals surface area contributed by atoms with Crippen molar-refractivity contribution in [3.63, 3.8) is 0 Å². The van der Waals surface area contributed by atoms with E-state index in [0.29, 0.717) is 0 Å². The molecule has 1 aromatic rings. The van der Waals surface area contributed by atoms with Gasteiger partial charge in [0.2, 0.25) is 0 Å². The van der Waals surface area contributed by atoms with E-state index in [1.54, 1.807) is 0 Å². The van der Waals surface area contributed by atoms with Crippen molar-refractivity contribution in [3.05, 3.63) is 34.8 Å². The fourth-order valence-electron chi connectivity index (χ4n) is 0.367. The maximum absolute atomic E-state index is 4.95. The summed E-state index contributed by atoms with van der Waals surface area (Å²) in [6.07, 6.45) is 0. The first kappa shape index (κ1) is 10.9.